The molecule has 1 aromatic rings. The van der Waals surface area contributed by atoms with Crippen LogP contribution in [0.1, 0.15) is 10.4 Å². The summed E-state index contributed by atoms with van der Waals surface area (Å²) in [6.45, 7) is -0.242. The highest BCUT2D eigenvalue weighted by atomic mass is 32.2. The van der Waals surface area contributed by atoms with Gasteiger partial charge in [-0.25, -0.2) is 9.18 Å². The van der Waals surface area contributed by atoms with Gasteiger partial charge in [-0.15, -0.1) is 0 Å². The van der Waals surface area contributed by atoms with E-state index in [4.69, 9.17) is 10.4 Å². The Morgan fingerprint density at radius 1 is 1.47 bits per heavy atom. The van der Waals surface area contributed by atoms with Crippen LogP contribution in [0.25, 0.3) is 0 Å². The molecule has 8 heteroatoms. The van der Waals surface area contributed by atoms with Crippen molar-refractivity contribution in [1.82, 2.24) is 5.32 Å². The largest absolute Gasteiger partial charge is 0.478 e. The Labute approximate surface area is 110 Å². The molecule has 2 N–H and O–H groups in total. The van der Waals surface area contributed by atoms with Crippen LogP contribution in [-0.4, -0.2) is 33.5 Å². The topological polar surface area (TPSA) is 107 Å². The van der Waals surface area contributed by atoms with E-state index in [2.05, 4.69) is 5.32 Å². The van der Waals surface area contributed by atoms with Crippen molar-refractivity contribution in [3.05, 3.63) is 29.6 Å². The summed E-state index contributed by atoms with van der Waals surface area (Å²) in [5.41, 5.74) is -0.220. The van der Waals surface area contributed by atoms with Crippen molar-refractivity contribution in [2.24, 2.45) is 0 Å². The van der Waals surface area contributed by atoms with Gasteiger partial charge in [0.1, 0.15) is 18.1 Å². The van der Waals surface area contributed by atoms with Crippen LogP contribution < -0.4 is 5.32 Å². The van der Waals surface area contributed by atoms with E-state index in [1.54, 1.807) is 6.07 Å². The summed E-state index contributed by atoms with van der Waals surface area (Å²) in [4.78, 5) is 21.6. The van der Waals surface area contributed by atoms with Gasteiger partial charge in [-0.1, -0.05) is 0 Å². The lowest BCUT2D eigenvalue weighted by molar-refractivity contribution is -0.118. The van der Waals surface area contributed by atoms with E-state index in [0.717, 1.165) is 18.2 Å². The maximum Gasteiger partial charge on any atom is 0.335 e. The summed E-state index contributed by atoms with van der Waals surface area (Å²) in [5, 5.41) is 19.1. The van der Waals surface area contributed by atoms with Gasteiger partial charge in [0.15, 0.2) is 0 Å². The Morgan fingerprint density at radius 2 is 2.16 bits per heavy atom. The van der Waals surface area contributed by atoms with E-state index in [1.165, 1.54) is 0 Å². The normalized spacial score (nSPS) is 11.4. The Kier molecular flexibility index (Phi) is 5.14. The third kappa shape index (κ3) is 4.15. The Hall–Kier alpha value is -2.27. The molecule has 19 heavy (non-hydrogen) atoms. The average molecular weight is 284 g/mol. The number of carboxylic acids is 1. The average Bonchev–Trinajstić information content (AvgIpc) is 2.36. The number of hydrogen-bond donors (Lipinski definition) is 2. The Morgan fingerprint density at radius 3 is 2.74 bits per heavy atom. The van der Waals surface area contributed by atoms with Gasteiger partial charge in [-0.3, -0.25) is 9.00 Å². The monoisotopic (exact) mass is 284 g/mol. The van der Waals surface area contributed by atoms with Crippen LogP contribution in [0, 0.1) is 17.1 Å². The summed E-state index contributed by atoms with van der Waals surface area (Å²) in [6, 6.07) is 4.50. The molecule has 0 spiro atoms. The van der Waals surface area contributed by atoms with E-state index in [1.807, 2.05) is 0 Å². The van der Waals surface area contributed by atoms with E-state index >= 15 is 0 Å². The van der Waals surface area contributed by atoms with Crippen LogP contribution in [0.4, 0.5) is 4.39 Å². The van der Waals surface area contributed by atoms with Crippen LogP contribution in [0.3, 0.4) is 0 Å². The molecule has 6 nitrogen and oxygen atoms in total. The minimum Gasteiger partial charge on any atom is -0.478 e. The smallest absolute Gasteiger partial charge is 0.335 e. The minimum absolute atomic E-state index is 0.220. The van der Waals surface area contributed by atoms with Gasteiger partial charge in [-0.2, -0.15) is 5.26 Å². The van der Waals surface area contributed by atoms with Crippen molar-refractivity contribution in [3.63, 3.8) is 0 Å². The number of hydrogen-bond acceptors (Lipinski definition) is 4. The Bertz CT molecular complexity index is 583. The minimum atomic E-state index is -2.02. The number of benzene rings is 1. The fourth-order valence-corrected chi connectivity index (χ4v) is 2.24. The maximum atomic E-state index is 13.4. The lowest BCUT2D eigenvalue weighted by Crippen LogP contribution is -2.28. The quantitative estimate of drug-likeness (QED) is 0.755. The molecular weight excluding hydrogens is 275 g/mol. The first-order valence-electron chi connectivity index (χ1n) is 5.00. The molecule has 0 aliphatic heterocycles. The predicted molar refractivity (Wildman–Crippen MR) is 63.3 cm³/mol. The van der Waals surface area contributed by atoms with Crippen molar-refractivity contribution in [1.29, 1.82) is 5.26 Å². The highest BCUT2D eigenvalue weighted by Crippen LogP contribution is 2.15. The number of carbonyl (C=O) groups excluding carboxylic acids is 1. The van der Waals surface area contributed by atoms with Crippen LogP contribution in [0.15, 0.2) is 23.1 Å². The second-order valence-electron chi connectivity index (χ2n) is 3.38. The van der Waals surface area contributed by atoms with Gasteiger partial charge in [0.25, 0.3) is 0 Å². The van der Waals surface area contributed by atoms with Crippen molar-refractivity contribution >= 4 is 22.7 Å². The third-order valence-electron chi connectivity index (χ3n) is 2.05. The molecule has 0 aliphatic rings. The molecule has 1 aromatic carbocycles. The summed E-state index contributed by atoms with van der Waals surface area (Å²) < 4.78 is 25.2. The van der Waals surface area contributed by atoms with Gasteiger partial charge in [0.2, 0.25) is 5.91 Å². The highest BCUT2D eigenvalue weighted by molar-refractivity contribution is 7.85. The fraction of sp³-hybridized carbons (Fsp3) is 0.182. The molecule has 1 atom stereocenters. The molecule has 1 rings (SSSR count). The molecular formula is C11H9FN2O4S. The molecule has 0 aromatic heterocycles. The van der Waals surface area contributed by atoms with Gasteiger partial charge in [0.05, 0.1) is 27.3 Å². The van der Waals surface area contributed by atoms with E-state index in [0.29, 0.717) is 0 Å². The zero-order chi connectivity index (χ0) is 14.4. The molecule has 1 unspecified atom stereocenters. The first kappa shape index (κ1) is 14.8. The molecule has 0 saturated heterocycles. The van der Waals surface area contributed by atoms with E-state index in [9.17, 15) is 18.2 Å². The maximum absolute atomic E-state index is 13.4. The van der Waals surface area contributed by atoms with Crippen LogP contribution >= 0.6 is 0 Å². The van der Waals surface area contributed by atoms with E-state index in [-0.39, 0.29) is 17.0 Å². The van der Waals surface area contributed by atoms with Crippen LogP contribution in [-0.2, 0) is 15.6 Å². The number of amides is 1. The molecule has 0 fully saturated rings. The molecule has 0 heterocycles. The van der Waals surface area contributed by atoms with Gasteiger partial charge >= 0.3 is 5.97 Å². The van der Waals surface area contributed by atoms with Crippen molar-refractivity contribution in [2.45, 2.75) is 4.90 Å². The standard InChI is InChI=1S/C11H9FN2O4S/c12-8-2-1-7(11(16)17)5-9(8)19(18)6-10(15)14-4-3-13/h1-2,5H,4,6H2,(H,14,15)(H,16,17). The third-order valence-corrected chi connectivity index (χ3v) is 3.38. The van der Waals surface area contributed by atoms with Gasteiger partial charge in [0, 0.05) is 0 Å². The lowest BCUT2D eigenvalue weighted by atomic mass is 10.2. The molecule has 100 valence electrons. The lowest BCUT2D eigenvalue weighted by Gasteiger charge is -2.05. The number of nitrogens with zero attached hydrogens (tertiary/aromatic N) is 1. The van der Waals surface area contributed by atoms with Crippen LogP contribution in [0.2, 0.25) is 0 Å². The molecule has 1 amide bonds. The number of halogens is 1. The number of carbonyl (C=O) groups is 2. The van der Waals surface area contributed by atoms with E-state index < -0.39 is 34.2 Å². The molecule has 0 aliphatic carbocycles. The first-order chi connectivity index (χ1) is 8.95. The zero-order valence-corrected chi connectivity index (χ0v) is 10.4. The highest BCUT2D eigenvalue weighted by Gasteiger charge is 2.16. The summed E-state index contributed by atoms with van der Waals surface area (Å²) >= 11 is 0. The Balaban J connectivity index is 2.88. The zero-order valence-electron chi connectivity index (χ0n) is 9.55. The van der Waals surface area contributed by atoms with Crippen LogP contribution in [0.5, 0.6) is 0 Å². The number of nitriles is 1. The number of nitrogens with one attached hydrogen (secondary N) is 1. The number of rotatable bonds is 5. The molecule has 0 saturated carbocycles. The predicted octanol–water partition coefficient (Wildman–Crippen LogP) is 0.271. The SMILES string of the molecule is N#CCNC(=O)CS(=O)c1cc(C(=O)O)ccc1F. The summed E-state index contributed by atoms with van der Waals surface area (Å²) in [5.74, 6) is -3.36. The van der Waals surface area contributed by atoms with Crippen molar-refractivity contribution in [3.8, 4) is 6.07 Å². The second-order valence-corrected chi connectivity index (χ2v) is 4.79. The second kappa shape index (κ2) is 6.61. The molecule has 0 radical (unpaired) electrons. The number of carboxylic acid groups (broad SMARTS) is 1. The molecule has 0 bridgehead atoms. The summed E-state index contributed by atoms with van der Waals surface area (Å²) in [7, 11) is -2.02. The number of aromatic carboxylic acids is 1. The fourth-order valence-electron chi connectivity index (χ4n) is 1.20. The van der Waals surface area contributed by atoms with Crippen molar-refractivity contribution in [2.75, 3.05) is 12.3 Å². The van der Waals surface area contributed by atoms with Gasteiger partial charge < -0.3 is 10.4 Å². The summed E-state index contributed by atoms with van der Waals surface area (Å²) in [6.07, 6.45) is 0. The van der Waals surface area contributed by atoms with Gasteiger partial charge in [-0.05, 0) is 18.2 Å². The first-order valence-corrected chi connectivity index (χ1v) is 6.32. The van der Waals surface area contributed by atoms with Crippen molar-refractivity contribution < 1.29 is 23.3 Å².